The average molecular weight is 403 g/mol. The number of aromatic nitrogens is 1. The molecule has 6 heteroatoms. The molecule has 29 heavy (non-hydrogen) atoms. The summed E-state index contributed by atoms with van der Waals surface area (Å²) in [4.78, 5) is 36.7. The molecule has 2 N–H and O–H groups in total. The van der Waals surface area contributed by atoms with Gasteiger partial charge in [-0.3, -0.25) is 14.4 Å². The van der Waals surface area contributed by atoms with Crippen molar-refractivity contribution < 1.29 is 14.7 Å². The lowest BCUT2D eigenvalue weighted by atomic mass is 9.88. The Hall–Kier alpha value is -2.11. The van der Waals surface area contributed by atoms with E-state index in [0.717, 1.165) is 56.3 Å². The topological polar surface area (TPSA) is 88.4 Å². The average Bonchev–Trinajstić information content (AvgIpc) is 2.69. The number of carbonyl (C=O) groups excluding carboxylic acids is 1. The molecule has 0 aliphatic heterocycles. The monoisotopic (exact) mass is 402 g/mol. The summed E-state index contributed by atoms with van der Waals surface area (Å²) in [5.41, 5.74) is 2.33. The normalized spacial score (nSPS) is 17.8. The van der Waals surface area contributed by atoms with Crippen molar-refractivity contribution in [1.82, 2.24) is 9.88 Å². The molecule has 0 radical (unpaired) electrons. The second-order valence-corrected chi connectivity index (χ2v) is 8.62. The predicted molar refractivity (Wildman–Crippen MR) is 112 cm³/mol. The van der Waals surface area contributed by atoms with E-state index >= 15 is 0 Å². The second kappa shape index (κ2) is 10.6. The molecule has 1 heterocycles. The molecule has 2 aliphatic carbocycles. The molecule has 3 rings (SSSR count). The van der Waals surface area contributed by atoms with Crippen molar-refractivity contribution in [3.05, 3.63) is 33.2 Å². The van der Waals surface area contributed by atoms with Crippen LogP contribution in [0.2, 0.25) is 0 Å². The molecule has 1 aromatic heterocycles. The maximum Gasteiger partial charge on any atom is 0.303 e. The highest BCUT2D eigenvalue weighted by Crippen LogP contribution is 2.27. The van der Waals surface area contributed by atoms with Gasteiger partial charge in [-0.05, 0) is 62.5 Å². The van der Waals surface area contributed by atoms with E-state index in [9.17, 15) is 14.4 Å². The van der Waals surface area contributed by atoms with Gasteiger partial charge >= 0.3 is 5.97 Å². The third kappa shape index (κ3) is 5.94. The fraction of sp³-hybridized carbons (Fsp3) is 0.696. The Bertz CT molecular complexity index is 778. The molecule has 2 aliphatic rings. The smallest absolute Gasteiger partial charge is 0.303 e. The quantitative estimate of drug-likeness (QED) is 0.681. The van der Waals surface area contributed by atoms with Crippen LogP contribution in [0.5, 0.6) is 0 Å². The fourth-order valence-corrected chi connectivity index (χ4v) is 4.75. The lowest BCUT2D eigenvalue weighted by Gasteiger charge is -2.26. The van der Waals surface area contributed by atoms with Crippen LogP contribution in [0.15, 0.2) is 10.9 Å². The molecule has 160 valence electrons. The minimum Gasteiger partial charge on any atom is -0.481 e. The minimum atomic E-state index is -0.879. The highest BCUT2D eigenvalue weighted by atomic mass is 16.4. The Morgan fingerprint density at radius 2 is 1.72 bits per heavy atom. The van der Waals surface area contributed by atoms with E-state index in [2.05, 4.69) is 5.32 Å². The van der Waals surface area contributed by atoms with E-state index in [0.29, 0.717) is 12.3 Å². The SMILES string of the molecule is O=C(O)CCCNC(=O)c1cc2c(n(CC3CCCCC3)c1=O)CCCCCC2. The molecule has 6 nitrogen and oxygen atoms in total. The Kier molecular flexibility index (Phi) is 7.90. The first kappa shape index (κ1) is 21.6. The van der Waals surface area contributed by atoms with Crippen LogP contribution in [-0.4, -0.2) is 28.1 Å². The number of rotatable bonds is 7. The molecule has 1 saturated carbocycles. The number of hydrogen-bond donors (Lipinski definition) is 2. The van der Waals surface area contributed by atoms with Crippen molar-refractivity contribution in [3.8, 4) is 0 Å². The van der Waals surface area contributed by atoms with E-state index in [4.69, 9.17) is 5.11 Å². The summed E-state index contributed by atoms with van der Waals surface area (Å²) >= 11 is 0. The van der Waals surface area contributed by atoms with Crippen LogP contribution in [0.3, 0.4) is 0 Å². The molecule has 0 saturated heterocycles. The summed E-state index contributed by atoms with van der Waals surface area (Å²) in [5.74, 6) is -0.734. The van der Waals surface area contributed by atoms with Gasteiger partial charge in [-0.2, -0.15) is 0 Å². The largest absolute Gasteiger partial charge is 0.481 e. The Balaban J connectivity index is 1.86. The molecular weight excluding hydrogens is 368 g/mol. The number of nitrogens with zero attached hydrogens (tertiary/aromatic N) is 1. The van der Waals surface area contributed by atoms with Gasteiger partial charge in [0, 0.05) is 25.2 Å². The summed E-state index contributed by atoms with van der Waals surface area (Å²) in [7, 11) is 0. The van der Waals surface area contributed by atoms with E-state index in [1.54, 1.807) is 0 Å². The van der Waals surface area contributed by atoms with Crippen LogP contribution in [0.1, 0.15) is 92.2 Å². The maximum absolute atomic E-state index is 13.3. The molecule has 1 aromatic rings. The predicted octanol–water partition coefficient (Wildman–Crippen LogP) is 3.68. The van der Waals surface area contributed by atoms with Crippen LogP contribution < -0.4 is 10.9 Å². The van der Waals surface area contributed by atoms with Crippen LogP contribution in [0.4, 0.5) is 0 Å². The number of nitrogens with one attached hydrogen (secondary N) is 1. The van der Waals surface area contributed by atoms with Crippen molar-refractivity contribution in [2.75, 3.05) is 6.54 Å². The summed E-state index contributed by atoms with van der Waals surface area (Å²) in [6.45, 7) is 0.992. The highest BCUT2D eigenvalue weighted by Gasteiger charge is 2.23. The number of hydrogen-bond acceptors (Lipinski definition) is 3. The fourth-order valence-electron chi connectivity index (χ4n) is 4.75. The zero-order valence-corrected chi connectivity index (χ0v) is 17.4. The van der Waals surface area contributed by atoms with Crippen LogP contribution in [0.25, 0.3) is 0 Å². The lowest BCUT2D eigenvalue weighted by molar-refractivity contribution is -0.137. The maximum atomic E-state index is 13.3. The van der Waals surface area contributed by atoms with Crippen molar-refractivity contribution in [2.45, 2.75) is 90.0 Å². The van der Waals surface area contributed by atoms with E-state index in [1.165, 1.54) is 32.1 Å². The number of fused-ring (bicyclic) bond motifs is 1. The van der Waals surface area contributed by atoms with Gasteiger partial charge in [-0.15, -0.1) is 0 Å². The minimum absolute atomic E-state index is 0.0103. The molecular formula is C23H34N2O4. The van der Waals surface area contributed by atoms with Crippen molar-refractivity contribution >= 4 is 11.9 Å². The summed E-state index contributed by atoms with van der Waals surface area (Å²) in [6, 6.07) is 1.81. The van der Waals surface area contributed by atoms with Gasteiger partial charge in [0.25, 0.3) is 11.5 Å². The number of amides is 1. The number of carbonyl (C=O) groups is 2. The van der Waals surface area contributed by atoms with Crippen molar-refractivity contribution in [1.29, 1.82) is 0 Å². The van der Waals surface area contributed by atoms with Crippen LogP contribution >= 0.6 is 0 Å². The van der Waals surface area contributed by atoms with Crippen LogP contribution in [-0.2, 0) is 24.2 Å². The van der Waals surface area contributed by atoms with E-state index in [-0.39, 0.29) is 30.0 Å². The molecule has 1 amide bonds. The number of carboxylic acid groups (broad SMARTS) is 1. The lowest BCUT2D eigenvalue weighted by Crippen LogP contribution is -2.37. The number of aryl methyl sites for hydroxylation is 1. The summed E-state index contributed by atoms with van der Waals surface area (Å²) < 4.78 is 1.92. The third-order valence-electron chi connectivity index (χ3n) is 6.36. The van der Waals surface area contributed by atoms with Gasteiger partial charge in [0.15, 0.2) is 0 Å². The first-order chi connectivity index (χ1) is 14.1. The third-order valence-corrected chi connectivity index (χ3v) is 6.36. The second-order valence-electron chi connectivity index (χ2n) is 8.62. The van der Waals surface area contributed by atoms with Gasteiger partial charge in [-0.25, -0.2) is 0 Å². The van der Waals surface area contributed by atoms with Gasteiger partial charge in [-0.1, -0.05) is 32.1 Å². The zero-order valence-electron chi connectivity index (χ0n) is 17.4. The van der Waals surface area contributed by atoms with Gasteiger partial charge < -0.3 is 15.0 Å². The summed E-state index contributed by atoms with van der Waals surface area (Å²) in [5, 5.41) is 11.5. The molecule has 0 bridgehead atoms. The molecule has 1 fully saturated rings. The van der Waals surface area contributed by atoms with Gasteiger partial charge in [0.1, 0.15) is 5.56 Å². The summed E-state index contributed by atoms with van der Waals surface area (Å²) in [6.07, 6.45) is 12.8. The number of carboxylic acids is 1. The van der Waals surface area contributed by atoms with E-state index in [1.807, 2.05) is 10.6 Å². The molecule has 0 spiro atoms. The van der Waals surface area contributed by atoms with Gasteiger partial charge in [0.2, 0.25) is 0 Å². The standard InChI is InChI=1S/C23H34N2O4/c26-21(27)13-8-14-24-22(28)19-15-18-11-6-1-2-7-12-20(18)25(23(19)29)16-17-9-4-3-5-10-17/h15,17H,1-14,16H2,(H,24,28)(H,26,27). The Labute approximate surface area is 172 Å². The Morgan fingerprint density at radius 3 is 2.45 bits per heavy atom. The van der Waals surface area contributed by atoms with Crippen LogP contribution in [0, 0.1) is 5.92 Å². The van der Waals surface area contributed by atoms with E-state index < -0.39 is 5.97 Å². The molecule has 0 atom stereocenters. The Morgan fingerprint density at radius 1 is 1.03 bits per heavy atom. The van der Waals surface area contributed by atoms with Crippen molar-refractivity contribution in [3.63, 3.8) is 0 Å². The van der Waals surface area contributed by atoms with Gasteiger partial charge in [0.05, 0.1) is 0 Å². The highest BCUT2D eigenvalue weighted by molar-refractivity contribution is 5.94. The van der Waals surface area contributed by atoms with Crippen molar-refractivity contribution in [2.24, 2.45) is 5.92 Å². The first-order valence-corrected chi connectivity index (χ1v) is 11.3. The molecule has 0 unspecified atom stereocenters. The number of aliphatic carboxylic acids is 1. The number of pyridine rings is 1. The molecule has 0 aromatic carbocycles. The zero-order chi connectivity index (χ0) is 20.6. The first-order valence-electron chi connectivity index (χ1n) is 11.3.